The fraction of sp³-hybridized carbons (Fsp3) is 0.214. The Kier molecular flexibility index (Phi) is 3.90. The van der Waals surface area contributed by atoms with Crippen molar-refractivity contribution in [3.8, 4) is 6.07 Å². The van der Waals surface area contributed by atoms with E-state index in [9.17, 15) is 0 Å². The average molecular weight is 212 g/mol. The molecule has 1 N–H and O–H groups in total. The number of hydrogen-bond acceptors (Lipinski definition) is 2. The SMILES string of the molecule is C=C(C)/C(C#N)=C/c1ccc(NC)c(C)c1. The van der Waals surface area contributed by atoms with Gasteiger partial charge in [0.15, 0.2) is 0 Å². The molecule has 0 fully saturated rings. The molecular weight excluding hydrogens is 196 g/mol. The Bertz CT molecular complexity index is 476. The first-order valence-corrected chi connectivity index (χ1v) is 5.14. The monoisotopic (exact) mass is 212 g/mol. The van der Waals surface area contributed by atoms with E-state index in [1.165, 1.54) is 0 Å². The molecule has 2 heteroatoms. The van der Waals surface area contributed by atoms with Crippen molar-refractivity contribution in [3.05, 3.63) is 47.1 Å². The van der Waals surface area contributed by atoms with Gasteiger partial charge in [-0.05, 0) is 48.8 Å². The minimum atomic E-state index is 0.622. The van der Waals surface area contributed by atoms with E-state index in [-0.39, 0.29) is 0 Å². The smallest absolute Gasteiger partial charge is 0.0994 e. The molecule has 0 saturated carbocycles. The minimum absolute atomic E-state index is 0.622. The van der Waals surface area contributed by atoms with E-state index in [4.69, 9.17) is 5.26 Å². The summed E-state index contributed by atoms with van der Waals surface area (Å²) in [6.07, 6.45) is 1.86. The van der Waals surface area contributed by atoms with Crippen molar-refractivity contribution in [3.63, 3.8) is 0 Å². The zero-order valence-electron chi connectivity index (χ0n) is 9.96. The number of nitrogens with one attached hydrogen (secondary N) is 1. The maximum absolute atomic E-state index is 8.94. The van der Waals surface area contributed by atoms with E-state index >= 15 is 0 Å². The van der Waals surface area contributed by atoms with Crippen molar-refractivity contribution >= 4 is 11.8 Å². The van der Waals surface area contributed by atoms with Gasteiger partial charge in [0, 0.05) is 12.7 Å². The van der Waals surface area contributed by atoms with E-state index in [1.54, 1.807) is 0 Å². The third-order valence-electron chi connectivity index (χ3n) is 2.41. The summed E-state index contributed by atoms with van der Waals surface area (Å²) in [4.78, 5) is 0. The van der Waals surface area contributed by atoms with Gasteiger partial charge >= 0.3 is 0 Å². The highest BCUT2D eigenvalue weighted by molar-refractivity contribution is 5.66. The summed E-state index contributed by atoms with van der Waals surface area (Å²) in [6, 6.07) is 8.19. The van der Waals surface area contributed by atoms with Gasteiger partial charge in [-0.15, -0.1) is 0 Å². The molecule has 1 rings (SSSR count). The second-order valence-electron chi connectivity index (χ2n) is 3.77. The van der Waals surface area contributed by atoms with Gasteiger partial charge in [-0.3, -0.25) is 0 Å². The van der Waals surface area contributed by atoms with Crippen LogP contribution < -0.4 is 5.32 Å². The van der Waals surface area contributed by atoms with E-state index in [0.717, 1.165) is 22.4 Å². The van der Waals surface area contributed by atoms with Crippen LogP contribution in [0, 0.1) is 18.3 Å². The van der Waals surface area contributed by atoms with Gasteiger partial charge in [0.1, 0.15) is 0 Å². The molecule has 0 heterocycles. The molecular formula is C14H16N2. The number of anilines is 1. The Hall–Kier alpha value is -2.01. The number of rotatable bonds is 3. The standard InChI is InChI=1S/C14H16N2/c1-10(2)13(9-15)8-12-5-6-14(16-4)11(3)7-12/h5-8,16H,1H2,2-4H3/b13-8+. The normalized spacial score (nSPS) is 10.8. The third kappa shape index (κ3) is 2.74. The maximum Gasteiger partial charge on any atom is 0.0994 e. The third-order valence-corrected chi connectivity index (χ3v) is 2.41. The minimum Gasteiger partial charge on any atom is -0.388 e. The molecule has 0 amide bonds. The fourth-order valence-electron chi connectivity index (χ4n) is 1.47. The molecule has 0 radical (unpaired) electrons. The van der Waals surface area contributed by atoms with Crippen molar-refractivity contribution in [1.82, 2.24) is 0 Å². The summed E-state index contributed by atoms with van der Waals surface area (Å²) in [5.41, 5.74) is 4.70. The second kappa shape index (κ2) is 5.18. The summed E-state index contributed by atoms with van der Waals surface area (Å²) >= 11 is 0. The Morgan fingerprint density at radius 1 is 1.50 bits per heavy atom. The average Bonchev–Trinajstić information content (AvgIpc) is 2.25. The molecule has 0 aliphatic carbocycles. The van der Waals surface area contributed by atoms with Crippen LogP contribution in [0.5, 0.6) is 0 Å². The highest BCUT2D eigenvalue weighted by atomic mass is 14.8. The summed E-state index contributed by atoms with van der Waals surface area (Å²) in [5, 5.41) is 12.0. The topological polar surface area (TPSA) is 35.8 Å². The van der Waals surface area contributed by atoms with Crippen LogP contribution in [0.15, 0.2) is 35.9 Å². The van der Waals surface area contributed by atoms with E-state index in [1.807, 2.05) is 45.2 Å². The van der Waals surface area contributed by atoms with Crippen molar-refractivity contribution < 1.29 is 0 Å². The Balaban J connectivity index is 3.12. The summed E-state index contributed by atoms with van der Waals surface area (Å²) in [5.74, 6) is 0. The second-order valence-corrected chi connectivity index (χ2v) is 3.77. The molecule has 16 heavy (non-hydrogen) atoms. The van der Waals surface area contributed by atoms with Crippen molar-refractivity contribution in [2.24, 2.45) is 0 Å². The van der Waals surface area contributed by atoms with Gasteiger partial charge in [-0.2, -0.15) is 5.26 Å². The molecule has 0 aromatic heterocycles. The molecule has 0 saturated heterocycles. The zero-order chi connectivity index (χ0) is 12.1. The molecule has 2 nitrogen and oxygen atoms in total. The highest BCUT2D eigenvalue weighted by Crippen LogP contribution is 2.19. The van der Waals surface area contributed by atoms with Gasteiger partial charge in [-0.25, -0.2) is 0 Å². The van der Waals surface area contributed by atoms with Crippen LogP contribution >= 0.6 is 0 Å². The van der Waals surface area contributed by atoms with Gasteiger partial charge in [0.25, 0.3) is 0 Å². The molecule has 1 aromatic carbocycles. The number of nitriles is 1. The Morgan fingerprint density at radius 2 is 2.19 bits per heavy atom. The lowest BCUT2D eigenvalue weighted by Gasteiger charge is -2.06. The van der Waals surface area contributed by atoms with Gasteiger partial charge in [0.05, 0.1) is 11.6 Å². The lowest BCUT2D eigenvalue weighted by Crippen LogP contribution is -1.91. The predicted molar refractivity (Wildman–Crippen MR) is 69.1 cm³/mol. The number of aryl methyl sites for hydroxylation is 1. The van der Waals surface area contributed by atoms with Gasteiger partial charge < -0.3 is 5.32 Å². The van der Waals surface area contributed by atoms with E-state index < -0.39 is 0 Å². The molecule has 0 atom stereocenters. The number of nitrogens with zero attached hydrogens (tertiary/aromatic N) is 1. The van der Waals surface area contributed by atoms with Crippen LogP contribution in [0.25, 0.3) is 6.08 Å². The molecule has 0 aliphatic rings. The van der Waals surface area contributed by atoms with Crippen LogP contribution in [0.2, 0.25) is 0 Å². The largest absolute Gasteiger partial charge is 0.388 e. The lowest BCUT2D eigenvalue weighted by molar-refractivity contribution is 1.39. The first-order chi connectivity index (χ1) is 7.58. The van der Waals surface area contributed by atoms with Crippen LogP contribution in [-0.2, 0) is 0 Å². The maximum atomic E-state index is 8.94. The zero-order valence-corrected chi connectivity index (χ0v) is 9.96. The Labute approximate surface area is 96.9 Å². The predicted octanol–water partition coefficient (Wildman–Crippen LogP) is 3.52. The summed E-state index contributed by atoms with van der Waals surface area (Å²) in [7, 11) is 1.90. The van der Waals surface area contributed by atoms with Gasteiger partial charge in [0.2, 0.25) is 0 Å². The first kappa shape index (κ1) is 12.1. The molecule has 0 bridgehead atoms. The molecule has 82 valence electrons. The van der Waals surface area contributed by atoms with E-state index in [0.29, 0.717) is 5.57 Å². The number of allylic oxidation sites excluding steroid dienone is 2. The van der Waals surface area contributed by atoms with Crippen molar-refractivity contribution in [2.45, 2.75) is 13.8 Å². The number of benzene rings is 1. The molecule has 0 unspecified atom stereocenters. The van der Waals surface area contributed by atoms with Crippen LogP contribution in [-0.4, -0.2) is 7.05 Å². The van der Waals surface area contributed by atoms with Crippen LogP contribution in [0.4, 0.5) is 5.69 Å². The quantitative estimate of drug-likeness (QED) is 0.614. The van der Waals surface area contributed by atoms with Crippen LogP contribution in [0.1, 0.15) is 18.1 Å². The van der Waals surface area contributed by atoms with Gasteiger partial charge in [-0.1, -0.05) is 12.6 Å². The molecule has 0 spiro atoms. The Morgan fingerprint density at radius 3 is 2.62 bits per heavy atom. The first-order valence-electron chi connectivity index (χ1n) is 5.14. The lowest BCUT2D eigenvalue weighted by atomic mass is 10.0. The summed E-state index contributed by atoms with van der Waals surface area (Å²) in [6.45, 7) is 7.65. The van der Waals surface area contributed by atoms with Crippen molar-refractivity contribution in [2.75, 3.05) is 12.4 Å². The number of hydrogen-bond donors (Lipinski definition) is 1. The van der Waals surface area contributed by atoms with Crippen LogP contribution in [0.3, 0.4) is 0 Å². The molecule has 0 aliphatic heterocycles. The highest BCUT2D eigenvalue weighted by Gasteiger charge is 1.99. The molecule has 1 aromatic rings. The summed E-state index contributed by atoms with van der Waals surface area (Å²) < 4.78 is 0. The van der Waals surface area contributed by atoms with Crippen molar-refractivity contribution in [1.29, 1.82) is 5.26 Å². The van der Waals surface area contributed by atoms with E-state index in [2.05, 4.69) is 18.0 Å². The fourth-order valence-corrected chi connectivity index (χ4v) is 1.47.